The van der Waals surface area contributed by atoms with Crippen LogP contribution >= 0.6 is 0 Å². The minimum absolute atomic E-state index is 0.0175. The molecule has 2 rings (SSSR count). The molecule has 0 fully saturated rings. The molecule has 0 saturated heterocycles. The summed E-state index contributed by atoms with van der Waals surface area (Å²) in [4.78, 5) is 21.8. The SMILES string of the molecule is N#Cc1ccc(C(=O)Nc2cc(F)cc([N+](=O)[O-])c2)cc1. The van der Waals surface area contributed by atoms with Crippen molar-refractivity contribution < 1.29 is 14.1 Å². The molecule has 104 valence electrons. The number of carbonyl (C=O) groups excluding carboxylic acids is 1. The molecule has 0 aromatic heterocycles. The second kappa shape index (κ2) is 5.79. The number of carbonyl (C=O) groups is 1. The van der Waals surface area contributed by atoms with Crippen molar-refractivity contribution in [2.24, 2.45) is 0 Å². The molecule has 1 amide bonds. The van der Waals surface area contributed by atoms with E-state index in [0.717, 1.165) is 18.2 Å². The van der Waals surface area contributed by atoms with Crippen LogP contribution in [-0.4, -0.2) is 10.8 Å². The van der Waals surface area contributed by atoms with Gasteiger partial charge in [-0.3, -0.25) is 14.9 Å². The number of nitrogens with one attached hydrogen (secondary N) is 1. The number of non-ortho nitro benzene ring substituents is 1. The Morgan fingerprint density at radius 2 is 1.90 bits per heavy atom. The lowest BCUT2D eigenvalue weighted by molar-refractivity contribution is -0.385. The number of nitro benzene ring substituents is 1. The highest BCUT2D eigenvalue weighted by Gasteiger charge is 2.12. The highest BCUT2D eigenvalue weighted by molar-refractivity contribution is 6.04. The summed E-state index contributed by atoms with van der Waals surface area (Å²) in [6, 6.07) is 10.5. The van der Waals surface area contributed by atoms with E-state index < -0.39 is 22.3 Å². The average molecular weight is 285 g/mol. The van der Waals surface area contributed by atoms with E-state index in [2.05, 4.69) is 5.32 Å². The molecule has 0 atom stereocenters. The predicted octanol–water partition coefficient (Wildman–Crippen LogP) is 2.86. The summed E-state index contributed by atoms with van der Waals surface area (Å²) in [5.74, 6) is -1.38. The standard InChI is InChI=1S/C14H8FN3O3/c15-11-5-12(7-13(6-11)18(20)21)17-14(19)10-3-1-9(8-16)2-4-10/h1-7H,(H,17,19). The van der Waals surface area contributed by atoms with Gasteiger partial charge in [0.25, 0.3) is 11.6 Å². The van der Waals surface area contributed by atoms with Crippen LogP contribution in [0.25, 0.3) is 0 Å². The molecule has 0 spiro atoms. The molecule has 0 aliphatic carbocycles. The largest absolute Gasteiger partial charge is 0.322 e. The smallest absolute Gasteiger partial charge is 0.274 e. The topological polar surface area (TPSA) is 96.0 Å². The number of hydrogen-bond donors (Lipinski definition) is 1. The number of halogens is 1. The maximum Gasteiger partial charge on any atom is 0.274 e. The van der Waals surface area contributed by atoms with Gasteiger partial charge in [-0.05, 0) is 30.3 Å². The van der Waals surface area contributed by atoms with Crippen molar-refractivity contribution in [3.05, 3.63) is 69.5 Å². The number of nitrogens with zero attached hydrogens (tertiary/aromatic N) is 2. The van der Waals surface area contributed by atoms with Gasteiger partial charge < -0.3 is 5.32 Å². The molecular formula is C14H8FN3O3. The van der Waals surface area contributed by atoms with Crippen molar-refractivity contribution in [2.45, 2.75) is 0 Å². The second-order valence-corrected chi connectivity index (χ2v) is 4.10. The molecule has 2 aromatic carbocycles. The molecule has 21 heavy (non-hydrogen) atoms. The molecule has 6 nitrogen and oxygen atoms in total. The van der Waals surface area contributed by atoms with E-state index in [0.29, 0.717) is 5.56 Å². The van der Waals surface area contributed by atoms with Crippen LogP contribution in [-0.2, 0) is 0 Å². The fourth-order valence-electron chi connectivity index (χ4n) is 1.65. The second-order valence-electron chi connectivity index (χ2n) is 4.10. The Bertz CT molecular complexity index is 751. The highest BCUT2D eigenvalue weighted by atomic mass is 19.1. The van der Waals surface area contributed by atoms with Crippen LogP contribution < -0.4 is 5.32 Å². The van der Waals surface area contributed by atoms with Crippen molar-refractivity contribution in [1.82, 2.24) is 0 Å². The first-order valence-electron chi connectivity index (χ1n) is 5.76. The molecule has 0 unspecified atom stereocenters. The number of benzene rings is 2. The molecular weight excluding hydrogens is 277 g/mol. The van der Waals surface area contributed by atoms with E-state index in [-0.39, 0.29) is 11.3 Å². The van der Waals surface area contributed by atoms with Crippen molar-refractivity contribution in [1.29, 1.82) is 5.26 Å². The van der Waals surface area contributed by atoms with Crippen LogP contribution in [0.4, 0.5) is 15.8 Å². The van der Waals surface area contributed by atoms with Gasteiger partial charge in [0.2, 0.25) is 0 Å². The van der Waals surface area contributed by atoms with Gasteiger partial charge in [-0.1, -0.05) is 0 Å². The van der Waals surface area contributed by atoms with Gasteiger partial charge >= 0.3 is 0 Å². The van der Waals surface area contributed by atoms with Gasteiger partial charge in [0.1, 0.15) is 5.82 Å². The Morgan fingerprint density at radius 1 is 1.24 bits per heavy atom. The van der Waals surface area contributed by atoms with E-state index in [1.807, 2.05) is 6.07 Å². The third-order valence-corrected chi connectivity index (χ3v) is 2.63. The molecule has 0 radical (unpaired) electrons. The Morgan fingerprint density at radius 3 is 2.48 bits per heavy atom. The number of rotatable bonds is 3. The predicted molar refractivity (Wildman–Crippen MR) is 72.2 cm³/mol. The van der Waals surface area contributed by atoms with Gasteiger partial charge in [-0.25, -0.2) is 4.39 Å². The molecule has 0 bridgehead atoms. The maximum atomic E-state index is 13.2. The van der Waals surface area contributed by atoms with E-state index in [1.54, 1.807) is 0 Å². The van der Waals surface area contributed by atoms with Crippen molar-refractivity contribution in [2.75, 3.05) is 5.32 Å². The van der Waals surface area contributed by atoms with Gasteiger partial charge in [0.05, 0.1) is 28.3 Å². The van der Waals surface area contributed by atoms with Crippen molar-refractivity contribution in [3.8, 4) is 6.07 Å². The summed E-state index contributed by atoms with van der Waals surface area (Å²) in [6.45, 7) is 0. The fourth-order valence-corrected chi connectivity index (χ4v) is 1.65. The highest BCUT2D eigenvalue weighted by Crippen LogP contribution is 2.20. The maximum absolute atomic E-state index is 13.2. The number of anilines is 1. The fraction of sp³-hybridized carbons (Fsp3) is 0. The normalized spacial score (nSPS) is 9.71. The summed E-state index contributed by atoms with van der Waals surface area (Å²) < 4.78 is 13.2. The van der Waals surface area contributed by atoms with Crippen LogP contribution in [0.5, 0.6) is 0 Å². The zero-order chi connectivity index (χ0) is 15.4. The molecule has 0 aliphatic heterocycles. The van der Waals surface area contributed by atoms with Crippen LogP contribution in [0.15, 0.2) is 42.5 Å². The molecule has 1 N–H and O–H groups in total. The van der Waals surface area contributed by atoms with Crippen LogP contribution in [0.3, 0.4) is 0 Å². The Balaban J connectivity index is 2.23. The third kappa shape index (κ3) is 3.39. The van der Waals surface area contributed by atoms with Crippen LogP contribution in [0.2, 0.25) is 0 Å². The summed E-state index contributed by atoms with van der Waals surface area (Å²) in [5.41, 5.74) is 0.176. The number of nitriles is 1. The lowest BCUT2D eigenvalue weighted by Crippen LogP contribution is -2.12. The number of nitro groups is 1. The van der Waals surface area contributed by atoms with E-state index in [1.165, 1.54) is 24.3 Å². The Labute approximate surface area is 118 Å². The monoisotopic (exact) mass is 285 g/mol. The van der Waals surface area contributed by atoms with E-state index in [4.69, 9.17) is 5.26 Å². The van der Waals surface area contributed by atoms with Gasteiger partial charge in [0, 0.05) is 11.6 Å². The first kappa shape index (κ1) is 14.1. The quantitative estimate of drug-likeness (QED) is 0.692. The average Bonchev–Trinajstić information content (AvgIpc) is 2.46. The van der Waals surface area contributed by atoms with E-state index >= 15 is 0 Å². The molecule has 0 aliphatic rings. The van der Waals surface area contributed by atoms with Gasteiger partial charge in [-0.2, -0.15) is 5.26 Å². The first-order chi connectivity index (χ1) is 9.99. The third-order valence-electron chi connectivity index (χ3n) is 2.63. The zero-order valence-electron chi connectivity index (χ0n) is 10.5. The molecule has 2 aromatic rings. The zero-order valence-corrected chi connectivity index (χ0v) is 10.5. The molecule has 7 heteroatoms. The number of hydrogen-bond acceptors (Lipinski definition) is 4. The summed E-state index contributed by atoms with van der Waals surface area (Å²) in [5, 5.41) is 21.7. The summed E-state index contributed by atoms with van der Waals surface area (Å²) >= 11 is 0. The van der Waals surface area contributed by atoms with Crippen LogP contribution in [0.1, 0.15) is 15.9 Å². The Hall–Kier alpha value is -3.27. The minimum atomic E-state index is -0.820. The van der Waals surface area contributed by atoms with Crippen LogP contribution in [0, 0.1) is 27.3 Å². The number of amides is 1. The van der Waals surface area contributed by atoms with Gasteiger partial charge in [-0.15, -0.1) is 0 Å². The lowest BCUT2D eigenvalue weighted by Gasteiger charge is -2.05. The Kier molecular flexibility index (Phi) is 3.90. The molecule has 0 saturated carbocycles. The first-order valence-corrected chi connectivity index (χ1v) is 5.76. The van der Waals surface area contributed by atoms with Crippen molar-refractivity contribution in [3.63, 3.8) is 0 Å². The van der Waals surface area contributed by atoms with E-state index in [9.17, 15) is 19.3 Å². The minimum Gasteiger partial charge on any atom is -0.322 e. The summed E-state index contributed by atoms with van der Waals surface area (Å²) in [6.07, 6.45) is 0. The summed E-state index contributed by atoms with van der Waals surface area (Å²) in [7, 11) is 0. The molecule has 0 heterocycles. The lowest BCUT2D eigenvalue weighted by atomic mass is 10.1. The van der Waals surface area contributed by atoms with Gasteiger partial charge in [0.15, 0.2) is 0 Å². The van der Waals surface area contributed by atoms with Crippen molar-refractivity contribution >= 4 is 17.3 Å².